The zero-order valence-corrected chi connectivity index (χ0v) is 10.8. The Balaban J connectivity index is 1.95. The van der Waals surface area contributed by atoms with Crippen LogP contribution in [0.5, 0.6) is 5.75 Å². The lowest BCUT2D eigenvalue weighted by Gasteiger charge is -2.27. The molecule has 3 heteroatoms. The van der Waals surface area contributed by atoms with Crippen LogP contribution < -0.4 is 10.1 Å². The van der Waals surface area contributed by atoms with Crippen LogP contribution in [-0.4, -0.2) is 17.6 Å². The summed E-state index contributed by atoms with van der Waals surface area (Å²) in [5, 5.41) is 3.25. The number of nitrogens with zero attached hydrogens (tertiary/aromatic N) is 1. The lowest BCUT2D eigenvalue weighted by Crippen LogP contribution is -2.24. The number of anilines is 1. The van der Waals surface area contributed by atoms with Gasteiger partial charge in [0.2, 0.25) is 0 Å². The van der Waals surface area contributed by atoms with Gasteiger partial charge in [0.05, 0.1) is 24.2 Å². The van der Waals surface area contributed by atoms with Gasteiger partial charge < -0.3 is 10.1 Å². The molecule has 1 saturated carbocycles. The maximum absolute atomic E-state index is 6.01. The highest BCUT2D eigenvalue weighted by atomic mass is 16.5. The van der Waals surface area contributed by atoms with Crippen molar-refractivity contribution in [1.82, 2.24) is 4.98 Å². The summed E-state index contributed by atoms with van der Waals surface area (Å²) < 4.78 is 6.01. The second-order valence-corrected chi connectivity index (χ2v) is 4.95. The van der Waals surface area contributed by atoms with E-state index in [-0.39, 0.29) is 0 Å². The van der Waals surface area contributed by atoms with Gasteiger partial charge in [-0.25, -0.2) is 0 Å². The van der Waals surface area contributed by atoms with E-state index in [4.69, 9.17) is 4.74 Å². The summed E-state index contributed by atoms with van der Waals surface area (Å²) in [4.78, 5) is 4.20. The van der Waals surface area contributed by atoms with E-state index < -0.39 is 0 Å². The van der Waals surface area contributed by atoms with E-state index >= 15 is 0 Å². The first kappa shape index (κ1) is 12.2. The number of rotatable bonds is 4. The summed E-state index contributed by atoms with van der Waals surface area (Å²) >= 11 is 0. The number of pyridine rings is 1. The van der Waals surface area contributed by atoms with Crippen molar-refractivity contribution < 1.29 is 4.74 Å². The molecule has 1 N–H and O–H groups in total. The molecule has 0 saturated heterocycles. The van der Waals surface area contributed by atoms with Crippen LogP contribution in [0.15, 0.2) is 18.5 Å². The first-order valence-corrected chi connectivity index (χ1v) is 6.63. The van der Waals surface area contributed by atoms with Crippen LogP contribution in [-0.2, 0) is 0 Å². The molecule has 0 aromatic carbocycles. The second kappa shape index (κ2) is 5.89. The molecule has 17 heavy (non-hydrogen) atoms. The maximum atomic E-state index is 6.01. The van der Waals surface area contributed by atoms with Crippen LogP contribution in [0.4, 0.5) is 5.69 Å². The van der Waals surface area contributed by atoms with Gasteiger partial charge in [-0.2, -0.15) is 0 Å². The number of ether oxygens (including phenoxy) is 1. The number of nitrogens with one attached hydrogen (secondary N) is 1. The van der Waals surface area contributed by atoms with E-state index in [1.54, 1.807) is 6.20 Å². The van der Waals surface area contributed by atoms with Crippen LogP contribution in [0.3, 0.4) is 0 Å². The van der Waals surface area contributed by atoms with E-state index in [2.05, 4.69) is 24.1 Å². The van der Waals surface area contributed by atoms with E-state index in [0.717, 1.165) is 23.9 Å². The molecule has 1 heterocycles. The third kappa shape index (κ3) is 3.62. The highest BCUT2D eigenvalue weighted by Gasteiger charge is 2.20. The summed E-state index contributed by atoms with van der Waals surface area (Å²) in [6.45, 7) is 5.30. The summed E-state index contributed by atoms with van der Waals surface area (Å²) in [5.41, 5.74) is 1.04. The molecule has 1 aromatic heterocycles. The second-order valence-electron chi connectivity index (χ2n) is 4.95. The molecule has 0 radical (unpaired) electrons. The predicted octanol–water partition coefficient (Wildman–Crippen LogP) is 3.47. The molecule has 0 bridgehead atoms. The minimum atomic E-state index is 0.373. The number of aromatic nitrogens is 1. The van der Waals surface area contributed by atoms with Gasteiger partial charge >= 0.3 is 0 Å². The van der Waals surface area contributed by atoms with Gasteiger partial charge in [0, 0.05) is 12.6 Å². The molecule has 2 rings (SSSR count). The van der Waals surface area contributed by atoms with E-state index in [1.807, 2.05) is 12.3 Å². The van der Waals surface area contributed by atoms with Gasteiger partial charge in [-0.15, -0.1) is 0 Å². The highest BCUT2D eigenvalue weighted by Crippen LogP contribution is 2.27. The molecule has 3 nitrogen and oxygen atoms in total. The number of hydrogen-bond donors (Lipinski definition) is 1. The molecule has 1 aromatic rings. The zero-order valence-electron chi connectivity index (χ0n) is 10.8. The Hall–Kier alpha value is -1.25. The molecule has 1 fully saturated rings. The van der Waals surface area contributed by atoms with Crippen LogP contribution in [0.1, 0.15) is 39.5 Å². The minimum absolute atomic E-state index is 0.373. The van der Waals surface area contributed by atoms with Crippen molar-refractivity contribution in [3.63, 3.8) is 0 Å². The molecule has 2 atom stereocenters. The Labute approximate surface area is 104 Å². The Morgan fingerprint density at radius 3 is 3.06 bits per heavy atom. The average Bonchev–Trinajstić information content (AvgIpc) is 2.30. The Kier molecular flexibility index (Phi) is 4.24. The van der Waals surface area contributed by atoms with E-state index in [9.17, 15) is 0 Å². The lowest BCUT2D eigenvalue weighted by molar-refractivity contribution is 0.129. The van der Waals surface area contributed by atoms with Crippen LogP contribution in [0.2, 0.25) is 0 Å². The monoisotopic (exact) mass is 234 g/mol. The fourth-order valence-corrected chi connectivity index (χ4v) is 2.46. The quantitative estimate of drug-likeness (QED) is 0.866. The van der Waals surface area contributed by atoms with E-state index in [0.29, 0.717) is 6.10 Å². The Bertz CT molecular complexity index is 354. The van der Waals surface area contributed by atoms with Crippen LogP contribution in [0, 0.1) is 5.92 Å². The molecular formula is C14H22N2O. The summed E-state index contributed by atoms with van der Waals surface area (Å²) in [6.07, 6.45) is 8.99. The van der Waals surface area contributed by atoms with Crippen molar-refractivity contribution in [3.05, 3.63) is 18.5 Å². The van der Waals surface area contributed by atoms with Gasteiger partial charge in [0.25, 0.3) is 0 Å². The first-order chi connectivity index (χ1) is 8.28. The average molecular weight is 234 g/mol. The molecule has 0 aliphatic heterocycles. The molecule has 2 unspecified atom stereocenters. The van der Waals surface area contributed by atoms with Crippen molar-refractivity contribution in [1.29, 1.82) is 0 Å². The third-order valence-electron chi connectivity index (χ3n) is 3.29. The SMILES string of the molecule is CCNc1cncc(OC2CCCC(C)C2)c1. The summed E-state index contributed by atoms with van der Waals surface area (Å²) in [7, 11) is 0. The van der Waals surface area contributed by atoms with Gasteiger partial charge in [-0.05, 0) is 32.1 Å². The van der Waals surface area contributed by atoms with Gasteiger partial charge in [-0.3, -0.25) is 4.98 Å². The molecule has 1 aliphatic rings. The largest absolute Gasteiger partial charge is 0.489 e. The Morgan fingerprint density at radius 1 is 1.41 bits per heavy atom. The normalized spacial score (nSPS) is 24.4. The third-order valence-corrected chi connectivity index (χ3v) is 3.29. The fraction of sp³-hybridized carbons (Fsp3) is 0.643. The van der Waals surface area contributed by atoms with Crippen molar-refractivity contribution >= 4 is 5.69 Å². The van der Waals surface area contributed by atoms with Gasteiger partial charge in [0.15, 0.2) is 0 Å². The van der Waals surface area contributed by atoms with Crippen molar-refractivity contribution in [2.24, 2.45) is 5.92 Å². The first-order valence-electron chi connectivity index (χ1n) is 6.63. The smallest absolute Gasteiger partial charge is 0.140 e. The van der Waals surface area contributed by atoms with Gasteiger partial charge in [-0.1, -0.05) is 13.3 Å². The molecular weight excluding hydrogens is 212 g/mol. The molecule has 0 amide bonds. The van der Waals surface area contributed by atoms with Crippen molar-refractivity contribution in [2.75, 3.05) is 11.9 Å². The van der Waals surface area contributed by atoms with Crippen molar-refractivity contribution in [2.45, 2.75) is 45.6 Å². The predicted molar refractivity (Wildman–Crippen MR) is 70.4 cm³/mol. The molecule has 94 valence electrons. The molecule has 1 aliphatic carbocycles. The maximum Gasteiger partial charge on any atom is 0.140 e. The standard InChI is InChI=1S/C14H22N2O/c1-3-16-12-8-14(10-15-9-12)17-13-6-4-5-11(2)7-13/h8-11,13,16H,3-7H2,1-2H3. The van der Waals surface area contributed by atoms with Crippen LogP contribution in [0.25, 0.3) is 0 Å². The van der Waals surface area contributed by atoms with Gasteiger partial charge in [0.1, 0.15) is 5.75 Å². The van der Waals surface area contributed by atoms with E-state index in [1.165, 1.54) is 25.7 Å². The van der Waals surface area contributed by atoms with Crippen LogP contribution >= 0.6 is 0 Å². The summed E-state index contributed by atoms with van der Waals surface area (Å²) in [6, 6.07) is 2.04. The Morgan fingerprint density at radius 2 is 2.29 bits per heavy atom. The van der Waals surface area contributed by atoms with Crippen molar-refractivity contribution in [3.8, 4) is 5.75 Å². The highest BCUT2D eigenvalue weighted by molar-refractivity contribution is 5.44. The zero-order chi connectivity index (χ0) is 12.1. The number of hydrogen-bond acceptors (Lipinski definition) is 3. The lowest BCUT2D eigenvalue weighted by atomic mass is 9.89. The molecule has 0 spiro atoms. The minimum Gasteiger partial charge on any atom is -0.489 e. The summed E-state index contributed by atoms with van der Waals surface area (Å²) in [5.74, 6) is 1.68. The fourth-order valence-electron chi connectivity index (χ4n) is 2.46. The topological polar surface area (TPSA) is 34.2 Å².